The lowest BCUT2D eigenvalue weighted by Gasteiger charge is -2.17. The van der Waals surface area contributed by atoms with Crippen molar-refractivity contribution in [2.45, 2.75) is 46.3 Å². The van der Waals surface area contributed by atoms with E-state index in [0.29, 0.717) is 24.0 Å². The van der Waals surface area contributed by atoms with Crippen LogP contribution in [0.15, 0.2) is 23.2 Å². The van der Waals surface area contributed by atoms with Gasteiger partial charge in [-0.15, -0.1) is 24.0 Å². The number of hydrogen-bond acceptors (Lipinski definition) is 3. The molecular formula is C21H34F3IN4O. The van der Waals surface area contributed by atoms with Gasteiger partial charge in [-0.3, -0.25) is 0 Å². The van der Waals surface area contributed by atoms with Gasteiger partial charge >= 0.3 is 6.18 Å². The monoisotopic (exact) mass is 542 g/mol. The summed E-state index contributed by atoms with van der Waals surface area (Å²) in [7, 11) is 0. The highest BCUT2D eigenvalue weighted by Crippen LogP contribution is 2.24. The van der Waals surface area contributed by atoms with Gasteiger partial charge in [0, 0.05) is 25.2 Å². The van der Waals surface area contributed by atoms with Crippen LogP contribution in [-0.4, -0.2) is 56.4 Å². The Labute approximate surface area is 194 Å². The fraction of sp³-hybridized carbons (Fsp3) is 0.667. The van der Waals surface area contributed by atoms with Crippen molar-refractivity contribution in [3.8, 4) is 5.75 Å². The van der Waals surface area contributed by atoms with E-state index in [1.165, 1.54) is 12.8 Å². The highest BCUT2D eigenvalue weighted by atomic mass is 127. The zero-order valence-corrected chi connectivity index (χ0v) is 20.3. The SMILES string of the molecule is CCCN1CCC(CNC(=NCc2ccc(C)cc2OCC(F)(F)F)NCC)C1.I. The smallest absolute Gasteiger partial charge is 0.422 e. The van der Waals surface area contributed by atoms with Gasteiger partial charge in [-0.05, 0) is 57.3 Å². The summed E-state index contributed by atoms with van der Waals surface area (Å²) in [5.74, 6) is 1.48. The van der Waals surface area contributed by atoms with Crippen molar-refractivity contribution in [2.75, 3.05) is 39.3 Å². The molecule has 9 heteroatoms. The van der Waals surface area contributed by atoms with Crippen LogP contribution in [0.3, 0.4) is 0 Å². The molecule has 1 aromatic rings. The van der Waals surface area contributed by atoms with Gasteiger partial charge in [-0.2, -0.15) is 13.2 Å². The Morgan fingerprint density at radius 2 is 2.03 bits per heavy atom. The van der Waals surface area contributed by atoms with E-state index in [2.05, 4.69) is 27.4 Å². The summed E-state index contributed by atoms with van der Waals surface area (Å²) in [5.41, 5.74) is 1.48. The number of nitrogens with zero attached hydrogens (tertiary/aromatic N) is 2. The molecule has 1 aliphatic heterocycles. The molecule has 0 spiro atoms. The minimum atomic E-state index is -4.37. The first kappa shape index (κ1) is 26.8. The summed E-state index contributed by atoms with van der Waals surface area (Å²) in [5, 5.41) is 6.58. The van der Waals surface area contributed by atoms with E-state index in [-0.39, 0.29) is 36.3 Å². The summed E-state index contributed by atoms with van der Waals surface area (Å²) in [4.78, 5) is 7.03. The zero-order valence-electron chi connectivity index (χ0n) is 18.0. The molecule has 1 aromatic carbocycles. The van der Waals surface area contributed by atoms with E-state index in [0.717, 1.165) is 31.7 Å². The van der Waals surface area contributed by atoms with Crippen molar-refractivity contribution >= 4 is 29.9 Å². The van der Waals surface area contributed by atoms with Crippen molar-refractivity contribution in [1.82, 2.24) is 15.5 Å². The third-order valence-electron chi connectivity index (χ3n) is 4.83. The van der Waals surface area contributed by atoms with Crippen LogP contribution in [0.4, 0.5) is 13.2 Å². The molecule has 0 saturated carbocycles. The second kappa shape index (κ2) is 13.2. The van der Waals surface area contributed by atoms with Gasteiger partial charge in [-0.25, -0.2) is 4.99 Å². The largest absolute Gasteiger partial charge is 0.484 e. The van der Waals surface area contributed by atoms with Crippen LogP contribution in [0.5, 0.6) is 5.75 Å². The van der Waals surface area contributed by atoms with Gasteiger partial charge < -0.3 is 20.3 Å². The van der Waals surface area contributed by atoms with Gasteiger partial charge in [0.15, 0.2) is 12.6 Å². The maximum Gasteiger partial charge on any atom is 0.422 e. The maximum atomic E-state index is 12.5. The molecule has 1 fully saturated rings. The van der Waals surface area contributed by atoms with Crippen LogP contribution in [-0.2, 0) is 6.54 Å². The molecule has 0 aromatic heterocycles. The lowest BCUT2D eigenvalue weighted by atomic mass is 10.1. The van der Waals surface area contributed by atoms with Gasteiger partial charge in [-0.1, -0.05) is 19.1 Å². The van der Waals surface area contributed by atoms with E-state index in [1.54, 1.807) is 12.1 Å². The van der Waals surface area contributed by atoms with E-state index >= 15 is 0 Å². The summed E-state index contributed by atoms with van der Waals surface area (Å²) >= 11 is 0. The van der Waals surface area contributed by atoms with Crippen molar-refractivity contribution in [3.63, 3.8) is 0 Å². The van der Waals surface area contributed by atoms with Gasteiger partial charge in [0.1, 0.15) is 5.75 Å². The first-order valence-electron chi connectivity index (χ1n) is 10.3. The van der Waals surface area contributed by atoms with Crippen molar-refractivity contribution in [3.05, 3.63) is 29.3 Å². The number of hydrogen-bond donors (Lipinski definition) is 2. The van der Waals surface area contributed by atoms with Gasteiger partial charge in [0.25, 0.3) is 0 Å². The second-order valence-corrected chi connectivity index (χ2v) is 7.55. The number of aryl methyl sites for hydroxylation is 1. The predicted molar refractivity (Wildman–Crippen MR) is 126 cm³/mol. The molecule has 1 saturated heterocycles. The topological polar surface area (TPSA) is 48.9 Å². The quantitative estimate of drug-likeness (QED) is 0.277. The van der Waals surface area contributed by atoms with Crippen molar-refractivity contribution in [1.29, 1.82) is 0 Å². The molecule has 2 rings (SSSR count). The molecule has 1 atom stereocenters. The Kier molecular flexibility index (Phi) is 11.8. The molecule has 0 radical (unpaired) electrons. The normalized spacial score (nSPS) is 17.5. The minimum absolute atomic E-state index is 0. The molecular weight excluding hydrogens is 508 g/mol. The Bertz CT molecular complexity index is 670. The molecule has 172 valence electrons. The molecule has 1 unspecified atom stereocenters. The Balaban J connectivity index is 0.00000450. The molecule has 30 heavy (non-hydrogen) atoms. The summed E-state index contributed by atoms with van der Waals surface area (Å²) < 4.78 is 42.6. The standard InChI is InChI=1S/C21H33F3N4O.HI/c1-4-9-28-10-8-17(14-28)12-26-20(25-5-2)27-13-18-7-6-16(3)11-19(18)29-15-21(22,23)24;/h6-7,11,17H,4-5,8-10,12-15H2,1-3H3,(H2,25,26,27);1H. The predicted octanol–water partition coefficient (Wildman–Crippen LogP) is 4.34. The van der Waals surface area contributed by atoms with Crippen molar-refractivity contribution < 1.29 is 17.9 Å². The summed E-state index contributed by atoms with van der Waals surface area (Å²) in [6.07, 6.45) is -2.03. The molecule has 5 nitrogen and oxygen atoms in total. The number of halogens is 4. The van der Waals surface area contributed by atoms with E-state index < -0.39 is 12.8 Å². The van der Waals surface area contributed by atoms with E-state index in [9.17, 15) is 13.2 Å². The van der Waals surface area contributed by atoms with Crippen LogP contribution in [0.25, 0.3) is 0 Å². The molecule has 1 heterocycles. The van der Waals surface area contributed by atoms with Crippen LogP contribution in [0.2, 0.25) is 0 Å². The molecule has 2 N–H and O–H groups in total. The lowest BCUT2D eigenvalue weighted by Crippen LogP contribution is -2.40. The number of benzene rings is 1. The Morgan fingerprint density at radius 1 is 1.27 bits per heavy atom. The molecule has 1 aliphatic rings. The van der Waals surface area contributed by atoms with Crippen LogP contribution in [0, 0.1) is 12.8 Å². The second-order valence-electron chi connectivity index (χ2n) is 7.55. The molecule has 0 bridgehead atoms. The lowest BCUT2D eigenvalue weighted by molar-refractivity contribution is -0.153. The average Bonchev–Trinajstić information content (AvgIpc) is 3.10. The Hall–Kier alpha value is -1.23. The highest BCUT2D eigenvalue weighted by Gasteiger charge is 2.29. The van der Waals surface area contributed by atoms with Gasteiger partial charge in [0.05, 0.1) is 6.54 Å². The zero-order chi connectivity index (χ0) is 21.3. The first-order chi connectivity index (χ1) is 13.8. The number of guanidine groups is 1. The average molecular weight is 542 g/mol. The minimum Gasteiger partial charge on any atom is -0.484 e. The Morgan fingerprint density at radius 3 is 2.70 bits per heavy atom. The summed E-state index contributed by atoms with van der Waals surface area (Å²) in [6.45, 7) is 9.85. The third kappa shape index (κ3) is 9.72. The molecule has 0 aliphatic carbocycles. The highest BCUT2D eigenvalue weighted by molar-refractivity contribution is 14.0. The number of nitrogens with one attached hydrogen (secondary N) is 2. The number of likely N-dealkylation sites (tertiary alicyclic amines) is 1. The van der Waals surface area contributed by atoms with Crippen LogP contribution >= 0.6 is 24.0 Å². The first-order valence-corrected chi connectivity index (χ1v) is 10.3. The number of rotatable bonds is 9. The van der Waals surface area contributed by atoms with E-state index in [1.807, 2.05) is 19.9 Å². The number of aliphatic imine (C=N–C) groups is 1. The fourth-order valence-corrected chi connectivity index (χ4v) is 3.43. The number of alkyl halides is 3. The van der Waals surface area contributed by atoms with Crippen molar-refractivity contribution in [2.24, 2.45) is 10.9 Å². The van der Waals surface area contributed by atoms with Crippen LogP contribution < -0.4 is 15.4 Å². The fourth-order valence-electron chi connectivity index (χ4n) is 3.43. The van der Waals surface area contributed by atoms with Gasteiger partial charge in [0.2, 0.25) is 0 Å². The third-order valence-corrected chi connectivity index (χ3v) is 4.83. The summed E-state index contributed by atoms with van der Waals surface area (Å²) in [6, 6.07) is 5.25. The maximum absolute atomic E-state index is 12.5. The molecule has 0 amide bonds. The number of ether oxygens (including phenoxy) is 1. The van der Waals surface area contributed by atoms with E-state index in [4.69, 9.17) is 4.74 Å². The van der Waals surface area contributed by atoms with Crippen LogP contribution in [0.1, 0.15) is 37.8 Å².